The summed E-state index contributed by atoms with van der Waals surface area (Å²) in [5, 5.41) is 0. The summed E-state index contributed by atoms with van der Waals surface area (Å²) in [5.41, 5.74) is 3.06. The van der Waals surface area contributed by atoms with Crippen molar-refractivity contribution in [2.45, 2.75) is 143 Å². The molecule has 0 aliphatic carbocycles. The number of pyridine rings is 2. The van der Waals surface area contributed by atoms with Gasteiger partial charge in [-0.25, -0.2) is 13.9 Å². The zero-order chi connectivity index (χ0) is 28.7. The summed E-state index contributed by atoms with van der Waals surface area (Å²) in [6, 6.07) is 9.00. The van der Waals surface area contributed by atoms with Crippen LogP contribution in [0.2, 0.25) is 0 Å². The molecule has 0 aromatic carbocycles. The van der Waals surface area contributed by atoms with Crippen LogP contribution in [0, 0.1) is 0 Å². The Morgan fingerprint density at radius 2 is 0.950 bits per heavy atom. The number of hydrogen-bond donors (Lipinski definition) is 0. The first-order valence-corrected chi connectivity index (χ1v) is 16.4. The lowest BCUT2D eigenvalue weighted by atomic mass is 10.1. The Labute approximate surface area is 245 Å². The highest BCUT2D eigenvalue weighted by molar-refractivity contribution is 5.86. The maximum absolute atomic E-state index is 11.3. The number of hydrogen-bond acceptors (Lipinski definition) is 2. The van der Waals surface area contributed by atoms with Crippen molar-refractivity contribution in [3.8, 4) is 11.1 Å². The second-order valence-electron chi connectivity index (χ2n) is 11.6. The minimum absolute atomic E-state index is 0.268. The average molecular weight is 551 g/mol. The summed E-state index contributed by atoms with van der Waals surface area (Å²) >= 11 is 0. The van der Waals surface area contributed by atoms with Gasteiger partial charge in [-0.05, 0) is 37.3 Å². The summed E-state index contributed by atoms with van der Waals surface area (Å²) in [7, 11) is 0. The van der Waals surface area contributed by atoms with Gasteiger partial charge >= 0.3 is 5.97 Å². The van der Waals surface area contributed by atoms with Gasteiger partial charge in [0.2, 0.25) is 0 Å². The number of rotatable bonds is 24. The molecule has 0 spiro atoms. The van der Waals surface area contributed by atoms with E-state index in [2.05, 4.69) is 71.7 Å². The highest BCUT2D eigenvalue weighted by Gasteiger charge is 2.06. The van der Waals surface area contributed by atoms with Crippen LogP contribution in [0.3, 0.4) is 0 Å². The molecule has 2 aromatic rings. The summed E-state index contributed by atoms with van der Waals surface area (Å²) in [4.78, 5) is 11.3. The molecular weight excluding hydrogens is 492 g/mol. The van der Waals surface area contributed by atoms with Gasteiger partial charge in [-0.1, -0.05) is 97.0 Å². The van der Waals surface area contributed by atoms with Crippen LogP contribution in [0.5, 0.6) is 0 Å². The van der Waals surface area contributed by atoms with Crippen LogP contribution in [0.1, 0.15) is 129 Å². The van der Waals surface area contributed by atoms with Crippen molar-refractivity contribution in [2.24, 2.45) is 0 Å². The summed E-state index contributed by atoms with van der Waals surface area (Å²) in [5.74, 6) is -0.268. The third kappa shape index (κ3) is 15.9. The van der Waals surface area contributed by atoms with E-state index < -0.39 is 0 Å². The van der Waals surface area contributed by atoms with Gasteiger partial charge in [0.05, 0.1) is 6.61 Å². The van der Waals surface area contributed by atoms with Crippen molar-refractivity contribution in [1.82, 2.24) is 0 Å². The molecule has 2 aromatic heterocycles. The molecule has 222 valence electrons. The smallest absolute Gasteiger partial charge is 0.333 e. The molecule has 2 heterocycles. The van der Waals surface area contributed by atoms with Gasteiger partial charge in [-0.2, -0.15) is 0 Å². The normalized spacial score (nSPS) is 11.1. The van der Waals surface area contributed by atoms with E-state index in [1.807, 2.05) is 0 Å². The zero-order valence-corrected chi connectivity index (χ0v) is 25.9. The zero-order valence-electron chi connectivity index (χ0n) is 25.9. The van der Waals surface area contributed by atoms with E-state index in [0.717, 1.165) is 25.9 Å². The lowest BCUT2D eigenvalue weighted by molar-refractivity contribution is -0.697. The molecule has 0 aliphatic rings. The van der Waals surface area contributed by atoms with Crippen molar-refractivity contribution in [3.05, 3.63) is 61.2 Å². The minimum Gasteiger partial charge on any atom is -0.462 e. The lowest BCUT2D eigenvalue weighted by Gasteiger charge is -2.04. The first-order valence-electron chi connectivity index (χ1n) is 16.4. The standard InChI is InChI=1S/C36H58N2O2/c1-4-5-6-7-8-9-10-13-16-19-26-37-28-22-34(23-29-37)35-24-30-38(31-25-35)27-20-17-14-11-12-15-18-21-32-40-36(39)33(2)3/h22-25,28-31H,2,4-21,26-27,32H2,1,3H3/q+2. The van der Waals surface area contributed by atoms with Crippen LogP contribution < -0.4 is 9.13 Å². The van der Waals surface area contributed by atoms with Gasteiger partial charge in [-0.3, -0.25) is 0 Å². The van der Waals surface area contributed by atoms with Gasteiger partial charge in [0.1, 0.15) is 13.1 Å². The Morgan fingerprint density at radius 3 is 1.32 bits per heavy atom. The number of aryl methyl sites for hydroxylation is 2. The molecule has 0 fully saturated rings. The second-order valence-corrected chi connectivity index (χ2v) is 11.6. The maximum atomic E-state index is 11.3. The monoisotopic (exact) mass is 550 g/mol. The van der Waals surface area contributed by atoms with E-state index in [9.17, 15) is 4.79 Å². The topological polar surface area (TPSA) is 34.1 Å². The van der Waals surface area contributed by atoms with Gasteiger partial charge in [0, 0.05) is 42.7 Å². The van der Waals surface area contributed by atoms with Gasteiger partial charge < -0.3 is 4.74 Å². The van der Waals surface area contributed by atoms with E-state index in [4.69, 9.17) is 4.74 Å². The predicted octanol–water partition coefficient (Wildman–Crippen LogP) is 9.09. The van der Waals surface area contributed by atoms with Crippen molar-refractivity contribution >= 4 is 5.97 Å². The fourth-order valence-corrected chi connectivity index (χ4v) is 5.12. The second kappa shape index (κ2) is 22.2. The van der Waals surface area contributed by atoms with Crippen molar-refractivity contribution in [1.29, 1.82) is 0 Å². The van der Waals surface area contributed by atoms with Crippen LogP contribution >= 0.6 is 0 Å². The van der Waals surface area contributed by atoms with E-state index in [0.29, 0.717) is 12.2 Å². The third-order valence-electron chi connectivity index (χ3n) is 7.78. The molecule has 0 N–H and O–H groups in total. The van der Waals surface area contributed by atoms with E-state index in [-0.39, 0.29) is 5.97 Å². The Kier molecular flexibility index (Phi) is 18.7. The number of carbonyl (C=O) groups is 1. The van der Waals surface area contributed by atoms with E-state index >= 15 is 0 Å². The fourth-order valence-electron chi connectivity index (χ4n) is 5.12. The molecule has 2 rings (SSSR count). The number of nitrogens with zero attached hydrogens (tertiary/aromatic N) is 2. The third-order valence-corrected chi connectivity index (χ3v) is 7.78. The molecule has 0 saturated carbocycles. The fraction of sp³-hybridized carbons (Fsp3) is 0.639. The van der Waals surface area contributed by atoms with Crippen molar-refractivity contribution < 1.29 is 18.7 Å². The van der Waals surface area contributed by atoms with Crippen LogP contribution in [0.15, 0.2) is 61.2 Å². The van der Waals surface area contributed by atoms with Crippen LogP contribution in [-0.4, -0.2) is 12.6 Å². The molecule has 0 amide bonds. The molecule has 0 bridgehead atoms. The van der Waals surface area contributed by atoms with Crippen LogP contribution in [0.4, 0.5) is 0 Å². The molecule has 0 atom stereocenters. The minimum atomic E-state index is -0.268. The number of esters is 1. The molecule has 0 unspecified atom stereocenters. The summed E-state index contributed by atoms with van der Waals surface area (Å²) < 4.78 is 9.78. The number of carbonyl (C=O) groups excluding carboxylic acids is 1. The number of unbranched alkanes of at least 4 members (excludes halogenated alkanes) is 16. The summed E-state index contributed by atoms with van der Waals surface area (Å²) in [6.45, 7) is 10.3. The molecule has 40 heavy (non-hydrogen) atoms. The van der Waals surface area contributed by atoms with Crippen LogP contribution in [-0.2, 0) is 22.6 Å². The van der Waals surface area contributed by atoms with Gasteiger partial charge in [0.15, 0.2) is 24.8 Å². The molecule has 0 radical (unpaired) electrons. The SMILES string of the molecule is C=C(C)C(=O)OCCCCCCCCCC[n+]1ccc(-c2cc[n+](CCCCCCCCCCCC)cc2)cc1. The largest absolute Gasteiger partial charge is 0.462 e. The van der Waals surface area contributed by atoms with E-state index in [1.54, 1.807) is 6.92 Å². The van der Waals surface area contributed by atoms with Crippen LogP contribution in [0.25, 0.3) is 11.1 Å². The Hall–Kier alpha value is -2.49. The quantitative estimate of drug-likeness (QED) is 0.0565. The van der Waals surface area contributed by atoms with Crippen molar-refractivity contribution in [2.75, 3.05) is 6.61 Å². The predicted molar refractivity (Wildman–Crippen MR) is 167 cm³/mol. The molecule has 0 saturated heterocycles. The number of ether oxygens (including phenoxy) is 1. The highest BCUT2D eigenvalue weighted by Crippen LogP contribution is 2.16. The Morgan fingerprint density at radius 1 is 0.600 bits per heavy atom. The molecule has 4 nitrogen and oxygen atoms in total. The summed E-state index contributed by atoms with van der Waals surface area (Å²) in [6.07, 6.45) is 32.5. The van der Waals surface area contributed by atoms with Gasteiger partial charge in [-0.15, -0.1) is 0 Å². The maximum Gasteiger partial charge on any atom is 0.333 e. The first-order chi connectivity index (χ1) is 19.6. The first kappa shape index (κ1) is 33.7. The molecule has 4 heteroatoms. The number of aromatic nitrogens is 2. The lowest BCUT2D eigenvalue weighted by Crippen LogP contribution is -2.33. The molecule has 0 aliphatic heterocycles. The molecular formula is C36H58N2O2+2. The Bertz CT molecular complexity index is 921. The van der Waals surface area contributed by atoms with Gasteiger partial charge in [0.25, 0.3) is 0 Å². The Balaban J connectivity index is 1.49. The highest BCUT2D eigenvalue weighted by atomic mass is 16.5. The average Bonchev–Trinajstić information content (AvgIpc) is 2.97. The van der Waals surface area contributed by atoms with Crippen molar-refractivity contribution in [3.63, 3.8) is 0 Å². The van der Waals surface area contributed by atoms with E-state index in [1.165, 1.54) is 114 Å².